The van der Waals surface area contributed by atoms with Gasteiger partial charge in [-0.15, -0.1) is 0 Å². The monoisotopic (exact) mass is 298 g/mol. The molecule has 2 aromatic carbocycles. The molecule has 22 heavy (non-hydrogen) atoms. The van der Waals surface area contributed by atoms with Crippen molar-refractivity contribution in [2.45, 2.75) is 44.6 Å². The molecule has 0 aliphatic carbocycles. The second kappa shape index (κ2) is 6.84. The molecule has 3 heteroatoms. The van der Waals surface area contributed by atoms with Crippen molar-refractivity contribution in [3.63, 3.8) is 0 Å². The van der Waals surface area contributed by atoms with Gasteiger partial charge < -0.3 is 14.9 Å². The summed E-state index contributed by atoms with van der Waals surface area (Å²) in [5, 5.41) is 20.1. The van der Waals surface area contributed by atoms with Gasteiger partial charge in [-0.3, -0.25) is 0 Å². The van der Waals surface area contributed by atoms with Gasteiger partial charge in [0.15, 0.2) is 11.5 Å². The predicted octanol–water partition coefficient (Wildman–Crippen LogP) is 4.20. The molecule has 4 bridgehead atoms. The Kier molecular flexibility index (Phi) is 4.64. The zero-order valence-corrected chi connectivity index (χ0v) is 12.7. The first-order valence-electron chi connectivity index (χ1n) is 7.97. The lowest BCUT2D eigenvalue weighted by molar-refractivity contribution is 0.151. The number of hydrogen-bond donors (Lipinski definition) is 2. The number of aliphatic hydroxyl groups is 1. The third kappa shape index (κ3) is 3.80. The van der Waals surface area contributed by atoms with E-state index < -0.39 is 0 Å². The van der Waals surface area contributed by atoms with Crippen LogP contribution in [0.4, 0.5) is 0 Å². The maximum atomic E-state index is 10.1. The van der Waals surface area contributed by atoms with E-state index in [1.54, 1.807) is 6.07 Å². The topological polar surface area (TPSA) is 49.7 Å². The molecule has 0 radical (unpaired) electrons. The lowest BCUT2D eigenvalue weighted by Crippen LogP contribution is -2.08. The first kappa shape index (κ1) is 14.9. The summed E-state index contributed by atoms with van der Waals surface area (Å²) in [6.45, 7) is 0. The highest BCUT2D eigenvalue weighted by atomic mass is 16.5. The van der Waals surface area contributed by atoms with E-state index >= 15 is 0 Å². The highest BCUT2D eigenvalue weighted by Gasteiger charge is 2.09. The summed E-state index contributed by atoms with van der Waals surface area (Å²) >= 11 is 0. The molecule has 2 aromatic rings. The number of fused-ring (bicyclic) bond motifs is 2. The number of ether oxygens (including phenoxy) is 1. The van der Waals surface area contributed by atoms with E-state index in [0.717, 1.165) is 44.1 Å². The number of benzene rings is 2. The molecule has 3 aliphatic rings. The fourth-order valence-corrected chi connectivity index (χ4v) is 2.84. The lowest BCUT2D eigenvalue weighted by Gasteiger charge is -2.13. The molecule has 2 N–H and O–H groups in total. The van der Waals surface area contributed by atoms with Gasteiger partial charge in [-0.25, -0.2) is 0 Å². The number of aromatic hydroxyl groups is 1. The van der Waals surface area contributed by atoms with E-state index in [-0.39, 0.29) is 11.9 Å². The Morgan fingerprint density at radius 1 is 0.864 bits per heavy atom. The van der Waals surface area contributed by atoms with Crippen molar-refractivity contribution in [3.05, 3.63) is 53.6 Å². The Labute approximate surface area is 131 Å². The normalized spacial score (nSPS) is 19.0. The lowest BCUT2D eigenvalue weighted by atomic mass is 10.0. The van der Waals surface area contributed by atoms with Crippen molar-refractivity contribution in [3.8, 4) is 17.2 Å². The second-order valence-corrected chi connectivity index (χ2v) is 5.99. The van der Waals surface area contributed by atoms with Gasteiger partial charge in [0.05, 0.1) is 6.10 Å². The van der Waals surface area contributed by atoms with E-state index in [4.69, 9.17) is 4.74 Å². The van der Waals surface area contributed by atoms with Gasteiger partial charge in [0.25, 0.3) is 0 Å². The smallest absolute Gasteiger partial charge is 0.169 e. The van der Waals surface area contributed by atoms with Gasteiger partial charge >= 0.3 is 0 Å². The molecule has 0 saturated heterocycles. The summed E-state index contributed by atoms with van der Waals surface area (Å²) in [5.74, 6) is 1.37. The van der Waals surface area contributed by atoms with E-state index in [1.807, 2.05) is 36.4 Å². The molecule has 3 aliphatic heterocycles. The summed E-state index contributed by atoms with van der Waals surface area (Å²) in [6.07, 6.45) is 5.21. The average molecular weight is 298 g/mol. The first-order chi connectivity index (χ1) is 10.7. The molecule has 116 valence electrons. The highest BCUT2D eigenvalue weighted by molar-refractivity contribution is 5.44. The molecule has 1 atom stereocenters. The number of aryl methyl sites for hydroxylation is 2. The van der Waals surface area contributed by atoms with E-state index in [1.165, 1.54) is 5.56 Å². The molecule has 0 amide bonds. The van der Waals surface area contributed by atoms with Crippen LogP contribution in [0, 0.1) is 0 Å². The summed E-state index contributed by atoms with van der Waals surface area (Å²) in [4.78, 5) is 0. The minimum absolute atomic E-state index is 0.175. The molecule has 0 saturated carbocycles. The third-order valence-electron chi connectivity index (χ3n) is 4.19. The van der Waals surface area contributed by atoms with E-state index in [2.05, 4.69) is 0 Å². The zero-order chi connectivity index (χ0) is 15.4. The van der Waals surface area contributed by atoms with Gasteiger partial charge in [-0.1, -0.05) is 24.6 Å². The molecular weight excluding hydrogens is 276 g/mol. The Bertz CT molecular complexity index is 619. The Balaban J connectivity index is 1.85. The van der Waals surface area contributed by atoms with Crippen LogP contribution in [0.2, 0.25) is 0 Å². The maximum Gasteiger partial charge on any atom is 0.169 e. The summed E-state index contributed by atoms with van der Waals surface area (Å²) in [6, 6.07) is 13.4. The van der Waals surface area contributed by atoms with Crippen molar-refractivity contribution in [1.29, 1.82) is 0 Å². The van der Waals surface area contributed by atoms with Gasteiger partial charge in [0, 0.05) is 0 Å². The Morgan fingerprint density at radius 2 is 1.64 bits per heavy atom. The fourth-order valence-electron chi connectivity index (χ4n) is 2.84. The molecule has 0 spiro atoms. The third-order valence-corrected chi connectivity index (χ3v) is 4.19. The number of rotatable bonds is 0. The minimum atomic E-state index is -0.236. The van der Waals surface area contributed by atoms with Crippen molar-refractivity contribution in [1.82, 2.24) is 0 Å². The predicted molar refractivity (Wildman–Crippen MR) is 86.5 cm³/mol. The largest absolute Gasteiger partial charge is 0.504 e. The van der Waals surface area contributed by atoms with Crippen LogP contribution in [0.5, 0.6) is 17.2 Å². The molecule has 5 rings (SSSR count). The number of phenols is 1. The quantitative estimate of drug-likeness (QED) is 0.766. The van der Waals surface area contributed by atoms with Gasteiger partial charge in [-0.05, 0) is 67.5 Å². The summed E-state index contributed by atoms with van der Waals surface area (Å²) in [7, 11) is 0. The molecule has 0 fully saturated rings. The molecule has 3 heterocycles. The fraction of sp³-hybridized carbons (Fsp3) is 0.368. The molecule has 3 nitrogen and oxygen atoms in total. The standard InChI is InChI=1S/C19H22O3/c20-16-4-2-1-3-15-8-12-19(18(21)13-15)22-17-10-6-14(5-9-16)7-11-17/h6-8,10-13,16,20-21H,1-5,9H2. The van der Waals surface area contributed by atoms with Crippen molar-refractivity contribution >= 4 is 0 Å². The second-order valence-electron chi connectivity index (χ2n) is 5.99. The zero-order valence-electron chi connectivity index (χ0n) is 12.7. The number of phenolic OH excluding ortho intramolecular Hbond substituents is 1. The van der Waals surface area contributed by atoms with Crippen LogP contribution >= 0.6 is 0 Å². The molecular formula is C19H22O3. The van der Waals surface area contributed by atoms with Crippen LogP contribution in [0.25, 0.3) is 0 Å². The van der Waals surface area contributed by atoms with Crippen LogP contribution in [0.1, 0.15) is 36.8 Å². The van der Waals surface area contributed by atoms with Crippen molar-refractivity contribution < 1.29 is 14.9 Å². The summed E-state index contributed by atoms with van der Waals surface area (Å²) in [5.41, 5.74) is 2.29. The van der Waals surface area contributed by atoms with Crippen LogP contribution in [0.3, 0.4) is 0 Å². The molecule has 0 aromatic heterocycles. The number of hydrogen-bond acceptors (Lipinski definition) is 3. The summed E-state index contributed by atoms with van der Waals surface area (Å²) < 4.78 is 5.74. The first-order valence-corrected chi connectivity index (χ1v) is 7.97. The van der Waals surface area contributed by atoms with Gasteiger partial charge in [-0.2, -0.15) is 0 Å². The van der Waals surface area contributed by atoms with Crippen LogP contribution in [0.15, 0.2) is 42.5 Å². The van der Waals surface area contributed by atoms with Crippen LogP contribution < -0.4 is 4.74 Å². The van der Waals surface area contributed by atoms with E-state index in [0.29, 0.717) is 11.5 Å². The maximum absolute atomic E-state index is 10.1. The van der Waals surface area contributed by atoms with E-state index in [9.17, 15) is 10.2 Å². The highest BCUT2D eigenvalue weighted by Crippen LogP contribution is 2.32. The van der Waals surface area contributed by atoms with Crippen LogP contribution in [-0.4, -0.2) is 16.3 Å². The van der Waals surface area contributed by atoms with Crippen molar-refractivity contribution in [2.75, 3.05) is 0 Å². The van der Waals surface area contributed by atoms with Crippen LogP contribution in [-0.2, 0) is 12.8 Å². The molecule has 1 unspecified atom stereocenters. The minimum Gasteiger partial charge on any atom is -0.504 e. The number of aliphatic hydroxyl groups excluding tert-OH is 1. The van der Waals surface area contributed by atoms with Gasteiger partial charge in [0.2, 0.25) is 0 Å². The Morgan fingerprint density at radius 3 is 2.41 bits per heavy atom. The van der Waals surface area contributed by atoms with Gasteiger partial charge in [0.1, 0.15) is 5.75 Å². The SMILES string of the molecule is Oc1cc2ccc1Oc1ccc(cc1)CCC(O)CCCC2. The average Bonchev–Trinajstić information content (AvgIpc) is 2.52. The Hall–Kier alpha value is -2.00. The van der Waals surface area contributed by atoms with Crippen molar-refractivity contribution in [2.24, 2.45) is 0 Å².